The molecule has 3 nitrogen and oxygen atoms in total. The molecule has 88 valence electrons. The fourth-order valence-electron chi connectivity index (χ4n) is 1.51. The van der Waals surface area contributed by atoms with Crippen LogP contribution in [0, 0.1) is 0 Å². The van der Waals surface area contributed by atoms with Gasteiger partial charge in [0.15, 0.2) is 0 Å². The van der Waals surface area contributed by atoms with Crippen molar-refractivity contribution < 1.29 is 4.79 Å². The van der Waals surface area contributed by atoms with Crippen molar-refractivity contribution in [2.45, 2.75) is 12.5 Å². The number of carbonyl (C=O) groups excluding carboxylic acids is 1. The molecule has 0 aliphatic heterocycles. The summed E-state index contributed by atoms with van der Waals surface area (Å²) in [5.74, 6) is 0.607. The third kappa shape index (κ3) is 3.00. The highest BCUT2D eigenvalue weighted by atomic mass is 32.2. The lowest BCUT2D eigenvalue weighted by Gasteiger charge is -2.28. The van der Waals surface area contributed by atoms with E-state index in [1.165, 1.54) is 0 Å². The Bertz CT molecular complexity index is 342. The predicted molar refractivity (Wildman–Crippen MR) is 69.4 cm³/mol. The van der Waals surface area contributed by atoms with Gasteiger partial charge in [-0.15, -0.1) is 0 Å². The number of thioether (sulfide) groups is 1. The summed E-state index contributed by atoms with van der Waals surface area (Å²) in [5, 5.41) is 3.22. The molecule has 0 fully saturated rings. The summed E-state index contributed by atoms with van der Waals surface area (Å²) >= 11 is 1.73. The number of nitrogens with two attached hydrogens (primary N) is 1. The summed E-state index contributed by atoms with van der Waals surface area (Å²) in [5.41, 5.74) is 5.60. The molecule has 0 aromatic heterocycles. The minimum atomic E-state index is -0.781. The van der Waals surface area contributed by atoms with E-state index in [9.17, 15) is 4.79 Å². The second kappa shape index (κ2) is 5.92. The van der Waals surface area contributed by atoms with Gasteiger partial charge < -0.3 is 5.73 Å². The lowest BCUT2D eigenvalue weighted by molar-refractivity contribution is -0.124. The average Bonchev–Trinajstić information content (AvgIpc) is 2.30. The van der Waals surface area contributed by atoms with E-state index in [-0.39, 0.29) is 5.91 Å². The van der Waals surface area contributed by atoms with Gasteiger partial charge in [-0.1, -0.05) is 30.3 Å². The Balaban J connectivity index is 2.85. The highest BCUT2D eigenvalue weighted by Crippen LogP contribution is 2.19. The molecular formula is C12H18N2OS. The first kappa shape index (κ1) is 13.1. The zero-order chi connectivity index (χ0) is 12.0. The van der Waals surface area contributed by atoms with Crippen LogP contribution >= 0.6 is 11.8 Å². The van der Waals surface area contributed by atoms with Crippen LogP contribution in [0.1, 0.15) is 12.5 Å². The normalized spacial score (nSPS) is 14.4. The van der Waals surface area contributed by atoms with Crippen LogP contribution in [0.2, 0.25) is 0 Å². The minimum absolute atomic E-state index is 0.347. The summed E-state index contributed by atoms with van der Waals surface area (Å²) in [6.45, 7) is 2.58. The number of hydrogen-bond donors (Lipinski definition) is 2. The Kier molecular flexibility index (Phi) is 4.83. The van der Waals surface area contributed by atoms with Crippen molar-refractivity contribution in [3.8, 4) is 0 Å². The van der Waals surface area contributed by atoms with Gasteiger partial charge in [0.1, 0.15) is 5.54 Å². The molecular weight excluding hydrogens is 220 g/mol. The van der Waals surface area contributed by atoms with Crippen LogP contribution in [0.5, 0.6) is 0 Å². The van der Waals surface area contributed by atoms with E-state index in [1.54, 1.807) is 11.8 Å². The second-order valence-electron chi connectivity index (χ2n) is 3.77. The van der Waals surface area contributed by atoms with Gasteiger partial charge in [0.05, 0.1) is 0 Å². The Morgan fingerprint density at radius 3 is 2.56 bits per heavy atom. The molecule has 0 saturated carbocycles. The maximum Gasteiger partial charge on any atom is 0.242 e. The molecule has 1 rings (SSSR count). The zero-order valence-corrected chi connectivity index (χ0v) is 10.5. The molecule has 16 heavy (non-hydrogen) atoms. The van der Waals surface area contributed by atoms with Gasteiger partial charge in [0.25, 0.3) is 0 Å². The summed E-state index contributed by atoms with van der Waals surface area (Å²) in [6.07, 6.45) is 2.03. The van der Waals surface area contributed by atoms with E-state index in [2.05, 4.69) is 5.32 Å². The maximum absolute atomic E-state index is 11.6. The Morgan fingerprint density at radius 2 is 2.06 bits per heavy atom. The van der Waals surface area contributed by atoms with Crippen molar-refractivity contribution in [3.05, 3.63) is 35.9 Å². The Labute approximate surface area is 101 Å². The third-order valence-corrected chi connectivity index (χ3v) is 3.24. The van der Waals surface area contributed by atoms with E-state index >= 15 is 0 Å². The number of carbonyl (C=O) groups is 1. The SMILES string of the molecule is CSCCN[C@@](C)(C(N)=O)c1ccccc1. The van der Waals surface area contributed by atoms with Crippen molar-refractivity contribution in [3.63, 3.8) is 0 Å². The van der Waals surface area contributed by atoms with Gasteiger partial charge in [-0.3, -0.25) is 10.1 Å². The van der Waals surface area contributed by atoms with Gasteiger partial charge in [-0.2, -0.15) is 11.8 Å². The average molecular weight is 238 g/mol. The molecule has 0 bridgehead atoms. The van der Waals surface area contributed by atoms with Crippen LogP contribution in [-0.2, 0) is 10.3 Å². The molecule has 0 spiro atoms. The fraction of sp³-hybridized carbons (Fsp3) is 0.417. The van der Waals surface area contributed by atoms with Crippen molar-refractivity contribution in [1.29, 1.82) is 0 Å². The van der Waals surface area contributed by atoms with E-state index in [1.807, 2.05) is 43.5 Å². The number of amides is 1. The quantitative estimate of drug-likeness (QED) is 0.735. The van der Waals surface area contributed by atoms with Crippen LogP contribution in [0.3, 0.4) is 0 Å². The Hall–Kier alpha value is -1.00. The number of rotatable bonds is 6. The molecule has 1 aromatic rings. The van der Waals surface area contributed by atoms with E-state index < -0.39 is 5.54 Å². The monoisotopic (exact) mass is 238 g/mol. The van der Waals surface area contributed by atoms with Gasteiger partial charge >= 0.3 is 0 Å². The smallest absolute Gasteiger partial charge is 0.242 e. The molecule has 0 saturated heterocycles. The first-order valence-corrected chi connectivity index (χ1v) is 6.60. The first-order valence-electron chi connectivity index (χ1n) is 5.20. The maximum atomic E-state index is 11.6. The molecule has 0 heterocycles. The molecule has 0 aliphatic carbocycles. The molecule has 0 radical (unpaired) electrons. The topological polar surface area (TPSA) is 55.1 Å². The second-order valence-corrected chi connectivity index (χ2v) is 4.76. The first-order chi connectivity index (χ1) is 7.61. The Morgan fingerprint density at radius 1 is 1.44 bits per heavy atom. The summed E-state index contributed by atoms with van der Waals surface area (Å²) in [4.78, 5) is 11.6. The minimum Gasteiger partial charge on any atom is -0.368 e. The van der Waals surface area contributed by atoms with E-state index in [4.69, 9.17) is 5.73 Å². The van der Waals surface area contributed by atoms with Gasteiger partial charge in [0, 0.05) is 12.3 Å². The summed E-state index contributed by atoms with van der Waals surface area (Å²) < 4.78 is 0. The number of hydrogen-bond acceptors (Lipinski definition) is 3. The standard InChI is InChI=1S/C12H18N2OS/c1-12(11(13)15,14-8-9-16-2)10-6-4-3-5-7-10/h3-7,14H,8-9H2,1-2H3,(H2,13,15)/t12-/m1/s1. The number of benzene rings is 1. The largest absolute Gasteiger partial charge is 0.368 e. The molecule has 1 aromatic carbocycles. The van der Waals surface area contributed by atoms with Crippen LogP contribution in [-0.4, -0.2) is 24.5 Å². The summed E-state index contributed by atoms with van der Waals surface area (Å²) in [7, 11) is 0. The summed E-state index contributed by atoms with van der Waals surface area (Å²) in [6, 6.07) is 9.57. The van der Waals surface area contributed by atoms with Crippen LogP contribution in [0.4, 0.5) is 0 Å². The van der Waals surface area contributed by atoms with Crippen LogP contribution in [0.25, 0.3) is 0 Å². The number of nitrogens with one attached hydrogen (secondary N) is 1. The highest BCUT2D eigenvalue weighted by Gasteiger charge is 2.31. The molecule has 1 amide bonds. The van der Waals surface area contributed by atoms with Gasteiger partial charge in [0.2, 0.25) is 5.91 Å². The van der Waals surface area contributed by atoms with Crippen molar-refractivity contribution in [1.82, 2.24) is 5.32 Å². The van der Waals surface area contributed by atoms with E-state index in [0.29, 0.717) is 0 Å². The number of primary amides is 1. The van der Waals surface area contributed by atoms with Crippen molar-refractivity contribution >= 4 is 17.7 Å². The van der Waals surface area contributed by atoms with Gasteiger partial charge in [-0.05, 0) is 18.7 Å². The molecule has 0 unspecified atom stereocenters. The third-order valence-electron chi connectivity index (χ3n) is 2.63. The van der Waals surface area contributed by atoms with Gasteiger partial charge in [-0.25, -0.2) is 0 Å². The van der Waals surface area contributed by atoms with E-state index in [0.717, 1.165) is 17.9 Å². The molecule has 4 heteroatoms. The molecule has 3 N–H and O–H groups in total. The van der Waals surface area contributed by atoms with Crippen molar-refractivity contribution in [2.75, 3.05) is 18.6 Å². The highest BCUT2D eigenvalue weighted by molar-refractivity contribution is 7.98. The van der Waals surface area contributed by atoms with Crippen molar-refractivity contribution in [2.24, 2.45) is 5.73 Å². The zero-order valence-electron chi connectivity index (χ0n) is 9.69. The lowest BCUT2D eigenvalue weighted by Crippen LogP contribution is -2.51. The molecule has 1 atom stereocenters. The van der Waals surface area contributed by atoms with Crippen LogP contribution in [0.15, 0.2) is 30.3 Å². The fourth-order valence-corrected chi connectivity index (χ4v) is 1.81. The lowest BCUT2D eigenvalue weighted by atomic mass is 9.91. The van der Waals surface area contributed by atoms with Crippen LogP contribution < -0.4 is 11.1 Å². The molecule has 0 aliphatic rings. The predicted octanol–water partition coefficient (Wildman–Crippen LogP) is 1.34.